The van der Waals surface area contributed by atoms with E-state index in [1.54, 1.807) is 0 Å². The predicted octanol–water partition coefficient (Wildman–Crippen LogP) is 8.95. The van der Waals surface area contributed by atoms with E-state index in [-0.39, 0.29) is 0 Å². The van der Waals surface area contributed by atoms with Gasteiger partial charge in [-0.15, -0.1) is 0 Å². The van der Waals surface area contributed by atoms with Gasteiger partial charge in [-0.2, -0.15) is 0 Å². The Morgan fingerprint density at radius 2 is 0.684 bits per heavy atom. The van der Waals surface area contributed by atoms with Crippen molar-refractivity contribution in [3.05, 3.63) is 158 Å². The molecular weight excluding hydrogens is 457 g/mol. The largest absolute Gasteiger partial charge is 0.310 e. The summed E-state index contributed by atoms with van der Waals surface area (Å²) in [5.41, 5.74) is 11.1. The molecule has 6 aromatic carbocycles. The fourth-order valence-corrected chi connectivity index (χ4v) is 4.84. The Kier molecular flexibility index (Phi) is 6.61. The lowest BCUT2D eigenvalue weighted by Crippen LogP contribution is -2.12. The van der Waals surface area contributed by atoms with Gasteiger partial charge in [-0.25, -0.2) is 0 Å². The second kappa shape index (κ2) is 10.7. The van der Waals surface area contributed by atoms with Gasteiger partial charge in [0.2, 0.25) is 0 Å². The molecule has 6 rings (SSSR count). The van der Waals surface area contributed by atoms with Gasteiger partial charge in [0.05, 0.1) is 0 Å². The Hall–Kier alpha value is -4.82. The molecule has 1 nitrogen and oxygen atoms in total. The molecule has 0 fully saturated rings. The quantitative estimate of drug-likeness (QED) is 0.214. The van der Waals surface area contributed by atoms with Crippen LogP contribution in [0.5, 0.6) is 0 Å². The Bertz CT molecular complexity index is 1570. The Morgan fingerprint density at radius 3 is 1.13 bits per heavy atom. The molecule has 0 aromatic heterocycles. The average molecular weight is 483 g/mol. The highest BCUT2D eigenvalue weighted by atomic mass is 15.1. The van der Waals surface area contributed by atoms with Crippen LogP contribution < -0.4 is 10.4 Å². The maximum Gasteiger partial charge on any atom is 0.113 e. The first-order valence-corrected chi connectivity index (χ1v) is 12.8. The highest BCUT2D eigenvalue weighted by molar-refractivity contribution is 6.32. The standard InChI is InChI=1S/C36H26BN/c37-33-18-22-35(23-19-33)38(34-20-16-30(17-21-34)27-10-4-1-5-11-27)36-25-31(28-12-6-2-7-13-28)24-32(26-36)29-14-8-3-9-15-29/h1-26H. The molecule has 0 heterocycles. The molecule has 178 valence electrons. The van der Waals surface area contributed by atoms with Crippen molar-refractivity contribution in [2.45, 2.75) is 0 Å². The first-order chi connectivity index (χ1) is 18.7. The van der Waals surface area contributed by atoms with Crippen LogP contribution >= 0.6 is 0 Å². The van der Waals surface area contributed by atoms with E-state index in [4.69, 9.17) is 7.85 Å². The summed E-state index contributed by atoms with van der Waals surface area (Å²) in [6, 6.07) is 55.2. The molecule has 2 radical (unpaired) electrons. The lowest BCUT2D eigenvalue weighted by atomic mass is 9.95. The predicted molar refractivity (Wildman–Crippen MR) is 163 cm³/mol. The third-order valence-electron chi connectivity index (χ3n) is 6.77. The second-order valence-electron chi connectivity index (χ2n) is 9.34. The zero-order chi connectivity index (χ0) is 25.7. The van der Waals surface area contributed by atoms with Crippen molar-refractivity contribution in [1.29, 1.82) is 0 Å². The van der Waals surface area contributed by atoms with Gasteiger partial charge in [0, 0.05) is 17.1 Å². The zero-order valence-corrected chi connectivity index (χ0v) is 21.0. The van der Waals surface area contributed by atoms with Crippen LogP contribution in [0.2, 0.25) is 0 Å². The van der Waals surface area contributed by atoms with Crippen LogP contribution in [0.25, 0.3) is 33.4 Å². The third kappa shape index (κ3) is 5.03. The van der Waals surface area contributed by atoms with Crippen molar-refractivity contribution in [1.82, 2.24) is 0 Å². The fourth-order valence-electron chi connectivity index (χ4n) is 4.84. The molecule has 0 amide bonds. The molecule has 0 unspecified atom stereocenters. The van der Waals surface area contributed by atoms with Gasteiger partial charge in [0.25, 0.3) is 0 Å². The maximum absolute atomic E-state index is 6.07. The smallest absolute Gasteiger partial charge is 0.113 e. The van der Waals surface area contributed by atoms with E-state index in [2.05, 4.69) is 144 Å². The molecular formula is C36H26BN. The molecule has 2 heteroatoms. The summed E-state index contributed by atoms with van der Waals surface area (Å²) in [6.07, 6.45) is 0. The first-order valence-electron chi connectivity index (χ1n) is 12.8. The Morgan fingerprint density at radius 1 is 0.316 bits per heavy atom. The molecule has 38 heavy (non-hydrogen) atoms. The topological polar surface area (TPSA) is 3.24 Å². The van der Waals surface area contributed by atoms with Crippen molar-refractivity contribution in [3.8, 4) is 33.4 Å². The summed E-state index contributed by atoms with van der Waals surface area (Å²) < 4.78 is 0. The van der Waals surface area contributed by atoms with Gasteiger partial charge >= 0.3 is 0 Å². The Labute approximate surface area is 226 Å². The zero-order valence-electron chi connectivity index (χ0n) is 21.0. The fraction of sp³-hybridized carbons (Fsp3) is 0. The highest BCUT2D eigenvalue weighted by Gasteiger charge is 2.16. The molecule has 0 atom stereocenters. The van der Waals surface area contributed by atoms with Crippen LogP contribution in [0, 0.1) is 0 Å². The van der Waals surface area contributed by atoms with Gasteiger partial charge in [-0.1, -0.05) is 121 Å². The summed E-state index contributed by atoms with van der Waals surface area (Å²) in [5, 5.41) is 0. The van der Waals surface area contributed by atoms with E-state index >= 15 is 0 Å². The normalized spacial score (nSPS) is 10.7. The molecule has 0 aliphatic heterocycles. The van der Waals surface area contributed by atoms with Crippen molar-refractivity contribution < 1.29 is 0 Å². The summed E-state index contributed by atoms with van der Waals surface area (Å²) >= 11 is 0. The molecule has 6 aromatic rings. The van der Waals surface area contributed by atoms with Crippen molar-refractivity contribution in [3.63, 3.8) is 0 Å². The van der Waals surface area contributed by atoms with Crippen LogP contribution in [-0.4, -0.2) is 7.85 Å². The van der Waals surface area contributed by atoms with Gasteiger partial charge in [0.1, 0.15) is 7.85 Å². The third-order valence-corrected chi connectivity index (χ3v) is 6.77. The summed E-state index contributed by atoms with van der Waals surface area (Å²) in [4.78, 5) is 2.30. The van der Waals surface area contributed by atoms with Gasteiger partial charge in [-0.3, -0.25) is 0 Å². The molecule has 0 spiro atoms. The minimum atomic E-state index is 0.746. The monoisotopic (exact) mass is 483 g/mol. The number of hydrogen-bond acceptors (Lipinski definition) is 1. The molecule has 0 bridgehead atoms. The second-order valence-corrected chi connectivity index (χ2v) is 9.34. The first kappa shape index (κ1) is 23.6. The lowest BCUT2D eigenvalue weighted by molar-refractivity contribution is 1.29. The van der Waals surface area contributed by atoms with Crippen molar-refractivity contribution >= 4 is 30.4 Å². The number of anilines is 3. The maximum atomic E-state index is 6.07. The van der Waals surface area contributed by atoms with Gasteiger partial charge < -0.3 is 4.90 Å². The van der Waals surface area contributed by atoms with E-state index in [0.29, 0.717) is 0 Å². The number of benzene rings is 6. The van der Waals surface area contributed by atoms with Gasteiger partial charge in [-0.05, 0) is 75.8 Å². The molecule has 0 aliphatic rings. The van der Waals surface area contributed by atoms with Crippen molar-refractivity contribution in [2.24, 2.45) is 0 Å². The minimum absolute atomic E-state index is 0.746. The van der Waals surface area contributed by atoms with Crippen molar-refractivity contribution in [2.75, 3.05) is 4.90 Å². The van der Waals surface area contributed by atoms with Crippen LogP contribution in [0.3, 0.4) is 0 Å². The Balaban J connectivity index is 1.53. The van der Waals surface area contributed by atoms with Crippen LogP contribution in [0.15, 0.2) is 158 Å². The molecule has 0 aliphatic carbocycles. The SMILES string of the molecule is [B]c1ccc(N(c2ccc(-c3ccccc3)cc2)c2cc(-c3ccccc3)cc(-c3ccccc3)c2)cc1. The highest BCUT2D eigenvalue weighted by Crippen LogP contribution is 2.39. The lowest BCUT2D eigenvalue weighted by Gasteiger charge is -2.27. The summed E-state index contributed by atoms with van der Waals surface area (Å²) in [5.74, 6) is 0. The van der Waals surface area contributed by atoms with E-state index in [1.165, 1.54) is 33.4 Å². The molecule has 0 N–H and O–H groups in total. The van der Waals surface area contributed by atoms with Crippen LogP contribution in [0.1, 0.15) is 0 Å². The van der Waals surface area contributed by atoms with E-state index < -0.39 is 0 Å². The minimum Gasteiger partial charge on any atom is -0.310 e. The molecule has 0 saturated carbocycles. The summed E-state index contributed by atoms with van der Waals surface area (Å²) in [7, 11) is 6.07. The van der Waals surface area contributed by atoms with E-state index in [9.17, 15) is 0 Å². The van der Waals surface area contributed by atoms with Crippen LogP contribution in [-0.2, 0) is 0 Å². The number of nitrogens with zero attached hydrogens (tertiary/aromatic N) is 1. The van der Waals surface area contributed by atoms with E-state index in [1.807, 2.05) is 18.2 Å². The number of hydrogen-bond donors (Lipinski definition) is 0. The van der Waals surface area contributed by atoms with E-state index in [0.717, 1.165) is 22.5 Å². The average Bonchev–Trinajstić information content (AvgIpc) is 3.00. The van der Waals surface area contributed by atoms with Crippen LogP contribution in [0.4, 0.5) is 17.1 Å². The summed E-state index contributed by atoms with van der Waals surface area (Å²) in [6.45, 7) is 0. The van der Waals surface area contributed by atoms with Gasteiger partial charge in [0.15, 0.2) is 0 Å². The molecule has 0 saturated heterocycles. The number of rotatable bonds is 6.